The highest BCUT2D eigenvalue weighted by Crippen LogP contribution is 2.21. The molecule has 0 spiro atoms. The molecule has 24 heavy (non-hydrogen) atoms. The summed E-state index contributed by atoms with van der Waals surface area (Å²) in [5.74, 6) is 0.412. The third-order valence-corrected chi connectivity index (χ3v) is 4.56. The molecule has 0 radical (unpaired) electrons. The van der Waals surface area contributed by atoms with Gasteiger partial charge < -0.3 is 20.8 Å². The van der Waals surface area contributed by atoms with E-state index in [1.54, 1.807) is 18.2 Å². The molecule has 0 bridgehead atoms. The van der Waals surface area contributed by atoms with Gasteiger partial charge >= 0.3 is 0 Å². The Labute approximate surface area is 144 Å². The minimum absolute atomic E-state index is 0.0805. The second-order valence-corrected chi connectivity index (χ2v) is 6.26. The van der Waals surface area contributed by atoms with Gasteiger partial charge in [-0.15, -0.1) is 0 Å². The molecule has 4 N–H and O–H groups in total. The van der Waals surface area contributed by atoms with Gasteiger partial charge in [-0.05, 0) is 18.9 Å². The van der Waals surface area contributed by atoms with Crippen LogP contribution in [0.4, 0.5) is 0 Å². The quantitative estimate of drug-likeness (QED) is 0.435. The van der Waals surface area contributed by atoms with Crippen LogP contribution in [0.2, 0.25) is 0 Å². The van der Waals surface area contributed by atoms with Gasteiger partial charge in [0, 0.05) is 36.3 Å². The number of phenols is 1. The van der Waals surface area contributed by atoms with Crippen LogP contribution in [0.5, 0.6) is 5.75 Å². The molecule has 130 valence electrons. The number of rotatable bonds is 8. The summed E-state index contributed by atoms with van der Waals surface area (Å²) in [4.78, 5) is 0. The highest BCUT2D eigenvalue weighted by molar-refractivity contribution is 5.31. The van der Waals surface area contributed by atoms with E-state index in [9.17, 15) is 10.2 Å². The lowest BCUT2D eigenvalue weighted by Gasteiger charge is -2.33. The first-order valence-corrected chi connectivity index (χ1v) is 8.55. The predicted octanol–water partition coefficient (Wildman–Crippen LogP) is 3.57. The molecule has 0 unspecified atom stereocenters. The predicted molar refractivity (Wildman–Crippen MR) is 99.0 cm³/mol. The van der Waals surface area contributed by atoms with Crippen LogP contribution in [0.15, 0.2) is 60.9 Å². The molecular formula is C20H28N2O2. The Morgan fingerprint density at radius 2 is 1.83 bits per heavy atom. The van der Waals surface area contributed by atoms with Crippen molar-refractivity contribution in [1.29, 1.82) is 0 Å². The van der Waals surface area contributed by atoms with Gasteiger partial charge in [-0.25, -0.2) is 0 Å². The summed E-state index contributed by atoms with van der Waals surface area (Å²) in [5, 5.41) is 26.6. The fraction of sp³-hybridized carbons (Fsp3) is 0.400. The summed E-state index contributed by atoms with van der Waals surface area (Å²) >= 11 is 0. The number of aliphatic hydroxyl groups is 1. The van der Waals surface area contributed by atoms with Crippen molar-refractivity contribution in [3.8, 4) is 5.75 Å². The van der Waals surface area contributed by atoms with Gasteiger partial charge in [0.1, 0.15) is 11.5 Å². The second kappa shape index (κ2) is 9.30. The van der Waals surface area contributed by atoms with Crippen LogP contribution in [0.1, 0.15) is 31.2 Å². The van der Waals surface area contributed by atoms with Crippen LogP contribution < -0.4 is 10.6 Å². The molecule has 2 rings (SSSR count). The van der Waals surface area contributed by atoms with E-state index in [0.29, 0.717) is 30.9 Å². The Hall–Kier alpha value is -2.04. The molecule has 1 aliphatic rings. The fourth-order valence-corrected chi connectivity index (χ4v) is 3.16. The van der Waals surface area contributed by atoms with Gasteiger partial charge in [-0.3, -0.25) is 0 Å². The number of nitrogens with one attached hydrogen (secondary N) is 2. The van der Waals surface area contributed by atoms with E-state index in [4.69, 9.17) is 0 Å². The number of hydrogen-bond donors (Lipinski definition) is 4. The smallest absolute Gasteiger partial charge is 0.120 e. The van der Waals surface area contributed by atoms with Gasteiger partial charge in [0.15, 0.2) is 0 Å². The molecule has 4 heteroatoms. The lowest BCUT2D eigenvalue weighted by Crippen LogP contribution is -2.50. The molecular weight excluding hydrogens is 300 g/mol. The third kappa shape index (κ3) is 5.25. The Morgan fingerprint density at radius 1 is 1.17 bits per heavy atom. The molecule has 1 aliphatic carbocycles. The number of aromatic hydroxyl groups is 1. The van der Waals surface area contributed by atoms with Crippen molar-refractivity contribution in [2.24, 2.45) is 0 Å². The monoisotopic (exact) mass is 328 g/mol. The van der Waals surface area contributed by atoms with Crippen molar-refractivity contribution in [2.45, 2.75) is 44.3 Å². The zero-order valence-electron chi connectivity index (χ0n) is 14.2. The molecule has 0 amide bonds. The molecule has 1 saturated carbocycles. The number of aliphatic hydroxyl groups excluding tert-OH is 1. The van der Waals surface area contributed by atoms with Crippen LogP contribution in [0, 0.1) is 0 Å². The molecule has 0 saturated heterocycles. The highest BCUT2D eigenvalue weighted by atomic mass is 16.3. The van der Waals surface area contributed by atoms with Gasteiger partial charge in [-0.1, -0.05) is 56.4 Å². The number of allylic oxidation sites excluding steroid dienone is 2. The summed E-state index contributed by atoms with van der Waals surface area (Å²) in [6.45, 7) is 8.49. The maximum absolute atomic E-state index is 9.89. The number of phenolic OH excluding ortho intramolecular Hbond substituents is 1. The maximum Gasteiger partial charge on any atom is 0.120 e. The van der Waals surface area contributed by atoms with Gasteiger partial charge in [0.05, 0.1) is 0 Å². The number of para-hydroxylation sites is 1. The van der Waals surface area contributed by atoms with Crippen LogP contribution in [-0.4, -0.2) is 28.8 Å². The van der Waals surface area contributed by atoms with Gasteiger partial charge in [0.2, 0.25) is 0 Å². The van der Waals surface area contributed by atoms with Crippen LogP contribution in [-0.2, 0) is 6.54 Å². The third-order valence-electron chi connectivity index (χ3n) is 4.56. The molecule has 0 heterocycles. The molecule has 1 aromatic carbocycles. The molecule has 2 atom stereocenters. The number of hydrogen-bond acceptors (Lipinski definition) is 4. The van der Waals surface area contributed by atoms with Gasteiger partial charge in [-0.2, -0.15) is 0 Å². The zero-order chi connectivity index (χ0) is 17.4. The van der Waals surface area contributed by atoms with Crippen molar-refractivity contribution in [2.75, 3.05) is 6.54 Å². The van der Waals surface area contributed by atoms with E-state index in [-0.39, 0.29) is 5.76 Å². The van der Waals surface area contributed by atoms with Crippen LogP contribution in [0.3, 0.4) is 0 Å². The summed E-state index contributed by atoms with van der Waals surface area (Å²) in [5.41, 5.74) is 1.67. The second-order valence-electron chi connectivity index (χ2n) is 6.26. The summed E-state index contributed by atoms with van der Waals surface area (Å²) in [7, 11) is 0. The first kappa shape index (κ1) is 18.3. The van der Waals surface area contributed by atoms with Crippen molar-refractivity contribution < 1.29 is 10.2 Å². The Balaban J connectivity index is 1.92. The molecule has 1 aromatic rings. The minimum atomic E-state index is 0.0805. The Morgan fingerprint density at radius 3 is 2.46 bits per heavy atom. The van der Waals surface area contributed by atoms with Crippen molar-refractivity contribution in [1.82, 2.24) is 10.6 Å². The first-order chi connectivity index (χ1) is 11.6. The average molecular weight is 328 g/mol. The van der Waals surface area contributed by atoms with E-state index in [0.717, 1.165) is 24.0 Å². The minimum Gasteiger partial charge on any atom is -0.508 e. The Bertz CT molecular complexity index is 595. The lowest BCUT2D eigenvalue weighted by atomic mass is 9.90. The Kier molecular flexibility index (Phi) is 7.09. The summed E-state index contributed by atoms with van der Waals surface area (Å²) in [6.07, 6.45) is 8.05. The van der Waals surface area contributed by atoms with E-state index in [1.807, 2.05) is 18.2 Å². The normalized spacial score (nSPS) is 21.4. The first-order valence-electron chi connectivity index (χ1n) is 8.55. The van der Waals surface area contributed by atoms with E-state index in [1.165, 1.54) is 12.8 Å². The highest BCUT2D eigenvalue weighted by Gasteiger charge is 2.24. The molecule has 1 fully saturated rings. The molecule has 0 aliphatic heterocycles. The van der Waals surface area contributed by atoms with E-state index >= 15 is 0 Å². The van der Waals surface area contributed by atoms with E-state index in [2.05, 4.69) is 23.8 Å². The summed E-state index contributed by atoms with van der Waals surface area (Å²) < 4.78 is 0. The average Bonchev–Trinajstić information content (AvgIpc) is 2.58. The summed E-state index contributed by atoms with van der Waals surface area (Å²) in [6, 6.07) is 8.10. The van der Waals surface area contributed by atoms with Crippen molar-refractivity contribution in [3.05, 3.63) is 66.5 Å². The van der Waals surface area contributed by atoms with Crippen LogP contribution >= 0.6 is 0 Å². The van der Waals surface area contributed by atoms with E-state index < -0.39 is 0 Å². The fourth-order valence-electron chi connectivity index (χ4n) is 3.16. The standard InChI is InChI=1S/C20H28N2O2/c1-3-8-16(15(2)23)13-21-18-10-5-6-11-19(18)22-14-17-9-4-7-12-20(17)24/h3-4,7-9,12,18-19,21-24H,1-2,5-6,10-11,13-14H2/b16-8-/t18-,19-/m1/s1. The molecule has 0 aromatic heterocycles. The molecule has 4 nitrogen and oxygen atoms in total. The topological polar surface area (TPSA) is 64.5 Å². The lowest BCUT2D eigenvalue weighted by molar-refractivity contribution is 0.285. The SMILES string of the molecule is C=C/C=C(/CN[C@@H]1CCCC[C@H]1NCc1ccccc1O)C(=C)O. The number of benzene rings is 1. The van der Waals surface area contributed by atoms with Crippen molar-refractivity contribution >= 4 is 0 Å². The van der Waals surface area contributed by atoms with Crippen molar-refractivity contribution in [3.63, 3.8) is 0 Å². The van der Waals surface area contributed by atoms with Crippen LogP contribution in [0.25, 0.3) is 0 Å². The zero-order valence-corrected chi connectivity index (χ0v) is 14.2. The largest absolute Gasteiger partial charge is 0.508 e. The maximum atomic E-state index is 9.89. The van der Waals surface area contributed by atoms with Gasteiger partial charge in [0.25, 0.3) is 0 Å².